The molecule has 17 heavy (non-hydrogen) atoms. The Kier molecular flexibility index (Phi) is 4.11. The highest BCUT2D eigenvalue weighted by Gasteiger charge is 2.22. The molecule has 92 valence electrons. The quantitative estimate of drug-likeness (QED) is 0.634. The van der Waals surface area contributed by atoms with E-state index in [0.717, 1.165) is 0 Å². The molecule has 5 nitrogen and oxygen atoms in total. The summed E-state index contributed by atoms with van der Waals surface area (Å²) in [5.41, 5.74) is 0.710. The van der Waals surface area contributed by atoms with E-state index in [1.165, 1.54) is 25.6 Å². The molecule has 0 aliphatic rings. The molecule has 1 heterocycles. The number of nitrogens with one attached hydrogen (secondary N) is 1. The molecule has 1 amide bonds. The number of amides is 1. The van der Waals surface area contributed by atoms with Crippen LogP contribution in [0.2, 0.25) is 0 Å². The maximum absolute atomic E-state index is 11.7. The number of esters is 1. The van der Waals surface area contributed by atoms with E-state index in [9.17, 15) is 9.59 Å². The first-order valence-electron chi connectivity index (χ1n) is 4.92. The zero-order valence-electron chi connectivity index (χ0n) is 9.85. The molecule has 1 rings (SSSR count). The standard InChI is InChI=1S/C11H14N2O3S/c1-11(2,17)10(15)13-8-4-7(5-12-6-8)9(14)16-3/h4-6,17H,1-3H3,(H,13,15). The van der Waals surface area contributed by atoms with Crippen molar-refractivity contribution in [2.24, 2.45) is 0 Å². The molecular formula is C11H14N2O3S. The largest absolute Gasteiger partial charge is 0.465 e. The third-order valence-corrected chi connectivity index (χ3v) is 2.18. The number of aromatic nitrogens is 1. The van der Waals surface area contributed by atoms with Crippen LogP contribution in [0.5, 0.6) is 0 Å². The van der Waals surface area contributed by atoms with E-state index >= 15 is 0 Å². The first-order valence-corrected chi connectivity index (χ1v) is 5.36. The highest BCUT2D eigenvalue weighted by atomic mass is 32.1. The number of rotatable bonds is 3. The van der Waals surface area contributed by atoms with Crippen molar-refractivity contribution >= 4 is 30.2 Å². The minimum atomic E-state index is -0.804. The normalized spacial score (nSPS) is 10.8. The van der Waals surface area contributed by atoms with E-state index in [4.69, 9.17) is 0 Å². The highest BCUT2D eigenvalue weighted by Crippen LogP contribution is 2.16. The van der Waals surface area contributed by atoms with Gasteiger partial charge in [0.1, 0.15) is 0 Å². The number of anilines is 1. The van der Waals surface area contributed by atoms with Crippen molar-refractivity contribution in [2.45, 2.75) is 18.6 Å². The molecule has 0 aromatic carbocycles. The Bertz CT molecular complexity index is 441. The second kappa shape index (κ2) is 5.18. The lowest BCUT2D eigenvalue weighted by molar-refractivity contribution is -0.117. The maximum Gasteiger partial charge on any atom is 0.339 e. The number of pyridine rings is 1. The Morgan fingerprint density at radius 1 is 1.41 bits per heavy atom. The lowest BCUT2D eigenvalue weighted by Crippen LogP contribution is -2.31. The lowest BCUT2D eigenvalue weighted by Gasteiger charge is -2.16. The zero-order valence-corrected chi connectivity index (χ0v) is 10.7. The van der Waals surface area contributed by atoms with Crippen LogP contribution in [0.3, 0.4) is 0 Å². The molecule has 1 N–H and O–H groups in total. The monoisotopic (exact) mass is 254 g/mol. The average Bonchev–Trinajstić information content (AvgIpc) is 2.27. The van der Waals surface area contributed by atoms with Gasteiger partial charge in [-0.1, -0.05) is 0 Å². The first kappa shape index (κ1) is 13.5. The van der Waals surface area contributed by atoms with Gasteiger partial charge in [0.2, 0.25) is 5.91 Å². The Labute approximate surface area is 105 Å². The Morgan fingerprint density at radius 3 is 2.59 bits per heavy atom. The Hall–Kier alpha value is -1.56. The van der Waals surface area contributed by atoms with Gasteiger partial charge < -0.3 is 10.1 Å². The topological polar surface area (TPSA) is 68.3 Å². The average molecular weight is 254 g/mol. The van der Waals surface area contributed by atoms with Gasteiger partial charge in [-0.15, -0.1) is 0 Å². The third kappa shape index (κ3) is 3.74. The summed E-state index contributed by atoms with van der Waals surface area (Å²) in [5, 5.41) is 2.62. The van der Waals surface area contributed by atoms with Gasteiger partial charge in [0.05, 0.1) is 29.3 Å². The van der Waals surface area contributed by atoms with Gasteiger partial charge in [-0.2, -0.15) is 12.6 Å². The molecule has 0 spiro atoms. The van der Waals surface area contributed by atoms with Gasteiger partial charge in [0.25, 0.3) is 0 Å². The van der Waals surface area contributed by atoms with Crippen LogP contribution in [0.4, 0.5) is 5.69 Å². The number of thiol groups is 1. The lowest BCUT2D eigenvalue weighted by atomic mass is 10.2. The van der Waals surface area contributed by atoms with Crippen LogP contribution in [0.25, 0.3) is 0 Å². The van der Waals surface area contributed by atoms with Gasteiger partial charge in [-0.3, -0.25) is 9.78 Å². The molecule has 6 heteroatoms. The third-order valence-electron chi connectivity index (χ3n) is 1.97. The summed E-state index contributed by atoms with van der Waals surface area (Å²) >= 11 is 4.14. The number of hydrogen-bond donors (Lipinski definition) is 2. The molecule has 0 bridgehead atoms. The summed E-state index contributed by atoms with van der Waals surface area (Å²) < 4.78 is 3.75. The van der Waals surface area contributed by atoms with Crippen molar-refractivity contribution in [3.05, 3.63) is 24.0 Å². The number of methoxy groups -OCH3 is 1. The van der Waals surface area contributed by atoms with E-state index in [1.54, 1.807) is 13.8 Å². The SMILES string of the molecule is COC(=O)c1cncc(NC(=O)C(C)(C)S)c1. The van der Waals surface area contributed by atoms with Crippen LogP contribution in [0, 0.1) is 0 Å². The van der Waals surface area contributed by atoms with Crippen LogP contribution >= 0.6 is 12.6 Å². The molecule has 0 fully saturated rings. The Morgan fingerprint density at radius 2 is 2.06 bits per heavy atom. The molecular weight excluding hydrogens is 240 g/mol. The second-order valence-electron chi connectivity index (χ2n) is 3.97. The van der Waals surface area contributed by atoms with Gasteiger partial charge >= 0.3 is 5.97 Å². The van der Waals surface area contributed by atoms with Gasteiger partial charge in [-0.25, -0.2) is 4.79 Å². The predicted molar refractivity (Wildman–Crippen MR) is 67.3 cm³/mol. The fourth-order valence-electron chi connectivity index (χ4n) is 1.02. The fraction of sp³-hybridized carbons (Fsp3) is 0.364. The molecule has 0 atom stereocenters. The summed E-state index contributed by atoms with van der Waals surface area (Å²) in [6.45, 7) is 3.34. The summed E-state index contributed by atoms with van der Waals surface area (Å²) in [5.74, 6) is -0.775. The number of hydrogen-bond acceptors (Lipinski definition) is 5. The Balaban J connectivity index is 2.87. The van der Waals surface area contributed by atoms with Crippen LogP contribution in [0.15, 0.2) is 18.5 Å². The molecule has 1 aromatic heterocycles. The van der Waals surface area contributed by atoms with Crippen LogP contribution < -0.4 is 5.32 Å². The molecule has 0 radical (unpaired) electrons. The molecule has 0 saturated carbocycles. The number of carbonyl (C=O) groups is 2. The molecule has 0 aliphatic heterocycles. The number of ether oxygens (including phenoxy) is 1. The summed E-state index contributed by atoms with van der Waals surface area (Å²) in [6.07, 6.45) is 2.82. The van der Waals surface area contributed by atoms with Crippen LogP contribution in [-0.4, -0.2) is 28.7 Å². The van der Waals surface area contributed by atoms with Crippen molar-refractivity contribution in [3.8, 4) is 0 Å². The second-order valence-corrected chi connectivity index (χ2v) is 5.09. The van der Waals surface area contributed by atoms with E-state index < -0.39 is 10.7 Å². The van der Waals surface area contributed by atoms with Crippen molar-refractivity contribution in [2.75, 3.05) is 12.4 Å². The van der Waals surface area contributed by atoms with Gasteiger partial charge in [-0.05, 0) is 19.9 Å². The summed E-state index contributed by atoms with van der Waals surface area (Å²) in [4.78, 5) is 26.8. The van der Waals surface area contributed by atoms with Crippen molar-refractivity contribution in [1.82, 2.24) is 4.98 Å². The van der Waals surface area contributed by atoms with Gasteiger partial charge in [0, 0.05) is 6.20 Å². The van der Waals surface area contributed by atoms with E-state index in [1.807, 2.05) is 0 Å². The van der Waals surface area contributed by atoms with Gasteiger partial charge in [0.15, 0.2) is 0 Å². The number of nitrogens with zero attached hydrogens (tertiary/aromatic N) is 1. The van der Waals surface area contributed by atoms with Crippen molar-refractivity contribution in [3.63, 3.8) is 0 Å². The predicted octanol–water partition coefficient (Wildman–Crippen LogP) is 1.52. The van der Waals surface area contributed by atoms with E-state index in [2.05, 4.69) is 27.7 Å². The first-order chi connectivity index (χ1) is 7.84. The van der Waals surface area contributed by atoms with E-state index in [0.29, 0.717) is 5.69 Å². The fourth-order valence-corrected chi connectivity index (χ4v) is 1.08. The molecule has 0 saturated heterocycles. The molecule has 0 aliphatic carbocycles. The minimum absolute atomic E-state index is 0.273. The maximum atomic E-state index is 11.7. The minimum Gasteiger partial charge on any atom is -0.465 e. The van der Waals surface area contributed by atoms with Crippen LogP contribution in [0.1, 0.15) is 24.2 Å². The molecule has 0 unspecified atom stereocenters. The smallest absolute Gasteiger partial charge is 0.339 e. The summed E-state index contributed by atoms with van der Waals surface area (Å²) in [7, 11) is 1.28. The molecule has 1 aromatic rings. The van der Waals surface area contributed by atoms with Crippen molar-refractivity contribution < 1.29 is 14.3 Å². The van der Waals surface area contributed by atoms with Crippen molar-refractivity contribution in [1.29, 1.82) is 0 Å². The zero-order chi connectivity index (χ0) is 13.1. The van der Waals surface area contributed by atoms with Crippen LogP contribution in [-0.2, 0) is 9.53 Å². The number of carbonyl (C=O) groups excluding carboxylic acids is 2. The van der Waals surface area contributed by atoms with E-state index in [-0.39, 0.29) is 11.5 Å². The highest BCUT2D eigenvalue weighted by molar-refractivity contribution is 7.82. The summed E-state index contributed by atoms with van der Waals surface area (Å²) in [6, 6.07) is 1.50.